The van der Waals surface area contributed by atoms with Crippen LogP contribution < -0.4 is 4.74 Å². The van der Waals surface area contributed by atoms with Crippen molar-refractivity contribution in [2.24, 2.45) is 0 Å². The quantitative estimate of drug-likeness (QED) is 0.369. The van der Waals surface area contributed by atoms with Gasteiger partial charge < -0.3 is 4.74 Å². The van der Waals surface area contributed by atoms with Crippen molar-refractivity contribution in [3.63, 3.8) is 0 Å². The van der Waals surface area contributed by atoms with E-state index in [1.807, 2.05) is 25.1 Å². The van der Waals surface area contributed by atoms with Crippen LogP contribution in [0.4, 0.5) is 0 Å². The van der Waals surface area contributed by atoms with Crippen molar-refractivity contribution in [2.75, 3.05) is 0 Å². The van der Waals surface area contributed by atoms with Gasteiger partial charge in [0.1, 0.15) is 5.75 Å². The fourth-order valence-corrected chi connectivity index (χ4v) is 1.85. The zero-order valence-corrected chi connectivity index (χ0v) is 11.1. The third-order valence-corrected chi connectivity index (χ3v) is 2.73. The van der Waals surface area contributed by atoms with Gasteiger partial charge >= 0.3 is 5.97 Å². The van der Waals surface area contributed by atoms with E-state index in [1.165, 1.54) is 0 Å². The van der Waals surface area contributed by atoms with E-state index in [4.69, 9.17) is 4.74 Å². The van der Waals surface area contributed by atoms with Crippen molar-refractivity contribution < 1.29 is 14.3 Å². The highest BCUT2D eigenvalue weighted by atomic mass is 16.5. The Labute approximate surface area is 117 Å². The van der Waals surface area contributed by atoms with Crippen LogP contribution in [0.25, 0.3) is 0 Å². The number of hydrogen-bond acceptors (Lipinski definition) is 3. The summed E-state index contributed by atoms with van der Waals surface area (Å²) >= 11 is 0. The summed E-state index contributed by atoms with van der Waals surface area (Å²) in [7, 11) is 0. The predicted octanol–water partition coefficient (Wildman–Crippen LogP) is 3.32. The van der Waals surface area contributed by atoms with E-state index < -0.39 is 5.97 Å². The highest BCUT2D eigenvalue weighted by molar-refractivity contribution is 6.09. The molecule has 0 heterocycles. The number of benzene rings is 2. The average molecular weight is 266 g/mol. The second-order valence-electron chi connectivity index (χ2n) is 4.36. The Kier molecular flexibility index (Phi) is 4.11. The molecule has 2 aromatic rings. The van der Waals surface area contributed by atoms with Gasteiger partial charge in [0.2, 0.25) is 0 Å². The fourth-order valence-electron chi connectivity index (χ4n) is 1.85. The maximum atomic E-state index is 12.3. The summed E-state index contributed by atoms with van der Waals surface area (Å²) in [6.07, 6.45) is 1.08. The standard InChI is InChI=1S/C17H14O3/c1-3-16(18)20-15-10-12(2)9-14(11-15)17(19)13-7-5-4-6-8-13/h3-11H,1H2,2H3. The number of aryl methyl sites for hydroxylation is 1. The monoisotopic (exact) mass is 266 g/mol. The molecule has 0 saturated carbocycles. The molecule has 0 bridgehead atoms. The van der Waals surface area contributed by atoms with Crippen LogP contribution in [0, 0.1) is 6.92 Å². The maximum Gasteiger partial charge on any atom is 0.335 e. The minimum atomic E-state index is -0.547. The molecule has 0 aliphatic heterocycles. The lowest BCUT2D eigenvalue weighted by molar-refractivity contribution is -0.128. The van der Waals surface area contributed by atoms with Crippen LogP contribution in [0.2, 0.25) is 0 Å². The molecule has 0 saturated heterocycles. The van der Waals surface area contributed by atoms with Crippen molar-refractivity contribution in [3.8, 4) is 5.75 Å². The molecule has 0 amide bonds. The number of carbonyl (C=O) groups is 2. The number of rotatable bonds is 4. The Morgan fingerprint density at radius 3 is 2.40 bits per heavy atom. The van der Waals surface area contributed by atoms with Crippen molar-refractivity contribution in [1.29, 1.82) is 0 Å². The smallest absolute Gasteiger partial charge is 0.335 e. The van der Waals surface area contributed by atoms with Gasteiger partial charge in [-0.05, 0) is 30.7 Å². The van der Waals surface area contributed by atoms with Gasteiger partial charge in [-0.2, -0.15) is 0 Å². The fraction of sp³-hybridized carbons (Fsp3) is 0.0588. The molecule has 0 radical (unpaired) electrons. The zero-order valence-electron chi connectivity index (χ0n) is 11.1. The Balaban J connectivity index is 2.35. The number of hydrogen-bond donors (Lipinski definition) is 0. The topological polar surface area (TPSA) is 43.4 Å². The van der Waals surface area contributed by atoms with Crippen LogP contribution in [-0.4, -0.2) is 11.8 Å². The Bertz CT molecular complexity index is 657. The molecular weight excluding hydrogens is 252 g/mol. The third-order valence-electron chi connectivity index (χ3n) is 2.73. The first-order chi connectivity index (χ1) is 9.60. The van der Waals surface area contributed by atoms with Crippen LogP contribution in [0.15, 0.2) is 61.2 Å². The van der Waals surface area contributed by atoms with Gasteiger partial charge in [-0.25, -0.2) is 4.79 Å². The Hall–Kier alpha value is -2.68. The first-order valence-electron chi connectivity index (χ1n) is 6.16. The van der Waals surface area contributed by atoms with Gasteiger partial charge in [0.25, 0.3) is 0 Å². The van der Waals surface area contributed by atoms with Gasteiger partial charge in [-0.3, -0.25) is 4.79 Å². The minimum absolute atomic E-state index is 0.106. The van der Waals surface area contributed by atoms with Gasteiger partial charge in [0.05, 0.1) is 0 Å². The van der Waals surface area contributed by atoms with Crippen LogP contribution in [0.1, 0.15) is 21.5 Å². The molecule has 0 N–H and O–H groups in total. The highest BCUT2D eigenvalue weighted by Gasteiger charge is 2.11. The van der Waals surface area contributed by atoms with Crippen molar-refractivity contribution >= 4 is 11.8 Å². The van der Waals surface area contributed by atoms with E-state index in [0.29, 0.717) is 16.9 Å². The molecule has 0 aromatic heterocycles. The van der Waals surface area contributed by atoms with Crippen LogP contribution in [-0.2, 0) is 4.79 Å². The van der Waals surface area contributed by atoms with Crippen LogP contribution in [0.3, 0.4) is 0 Å². The lowest BCUT2D eigenvalue weighted by atomic mass is 10.0. The second-order valence-corrected chi connectivity index (χ2v) is 4.36. The lowest BCUT2D eigenvalue weighted by Crippen LogP contribution is -2.06. The van der Waals surface area contributed by atoms with Gasteiger partial charge in [-0.1, -0.05) is 36.9 Å². The second kappa shape index (κ2) is 5.97. The van der Waals surface area contributed by atoms with E-state index in [1.54, 1.807) is 30.3 Å². The van der Waals surface area contributed by atoms with Gasteiger partial charge in [0.15, 0.2) is 5.78 Å². The molecule has 0 atom stereocenters. The zero-order chi connectivity index (χ0) is 14.5. The van der Waals surface area contributed by atoms with E-state index in [2.05, 4.69) is 6.58 Å². The highest BCUT2D eigenvalue weighted by Crippen LogP contribution is 2.20. The molecule has 0 aliphatic rings. The summed E-state index contributed by atoms with van der Waals surface area (Å²) in [5.74, 6) is -0.312. The van der Waals surface area contributed by atoms with E-state index in [0.717, 1.165) is 11.6 Å². The SMILES string of the molecule is C=CC(=O)Oc1cc(C)cc(C(=O)c2ccccc2)c1. The van der Waals surface area contributed by atoms with Crippen LogP contribution >= 0.6 is 0 Å². The minimum Gasteiger partial charge on any atom is -0.423 e. The maximum absolute atomic E-state index is 12.3. The summed E-state index contributed by atoms with van der Waals surface area (Å²) in [5.41, 5.74) is 1.93. The molecule has 3 nitrogen and oxygen atoms in total. The van der Waals surface area contributed by atoms with Crippen LogP contribution in [0.5, 0.6) is 5.75 Å². The number of esters is 1. The number of carbonyl (C=O) groups excluding carboxylic acids is 2. The average Bonchev–Trinajstić information content (AvgIpc) is 2.46. The molecule has 0 aliphatic carbocycles. The van der Waals surface area contributed by atoms with Gasteiger partial charge in [0, 0.05) is 17.2 Å². The molecule has 0 unspecified atom stereocenters. The van der Waals surface area contributed by atoms with Crippen molar-refractivity contribution in [1.82, 2.24) is 0 Å². The summed E-state index contributed by atoms with van der Waals surface area (Å²) in [6, 6.07) is 14.0. The molecule has 0 spiro atoms. The number of ether oxygens (including phenoxy) is 1. The first kappa shape index (κ1) is 13.7. The first-order valence-corrected chi connectivity index (χ1v) is 6.16. The summed E-state index contributed by atoms with van der Waals surface area (Å²) in [4.78, 5) is 23.6. The van der Waals surface area contributed by atoms with E-state index >= 15 is 0 Å². The molecule has 100 valence electrons. The Morgan fingerprint density at radius 2 is 1.75 bits per heavy atom. The molecule has 2 aromatic carbocycles. The number of ketones is 1. The normalized spacial score (nSPS) is 9.85. The summed E-state index contributed by atoms with van der Waals surface area (Å²) < 4.78 is 5.06. The predicted molar refractivity (Wildman–Crippen MR) is 76.9 cm³/mol. The largest absolute Gasteiger partial charge is 0.423 e. The molecule has 3 heteroatoms. The summed E-state index contributed by atoms with van der Waals surface area (Å²) in [5, 5.41) is 0. The van der Waals surface area contributed by atoms with Crippen molar-refractivity contribution in [2.45, 2.75) is 6.92 Å². The molecule has 0 fully saturated rings. The van der Waals surface area contributed by atoms with Crippen molar-refractivity contribution in [3.05, 3.63) is 77.9 Å². The summed E-state index contributed by atoms with van der Waals surface area (Å²) in [6.45, 7) is 5.18. The lowest BCUT2D eigenvalue weighted by Gasteiger charge is -2.07. The van der Waals surface area contributed by atoms with E-state index in [9.17, 15) is 9.59 Å². The molecule has 2 rings (SSSR count). The molecular formula is C17H14O3. The third kappa shape index (κ3) is 3.20. The Morgan fingerprint density at radius 1 is 1.05 bits per heavy atom. The molecule has 20 heavy (non-hydrogen) atoms. The van der Waals surface area contributed by atoms with E-state index in [-0.39, 0.29) is 5.78 Å². The van der Waals surface area contributed by atoms with Gasteiger partial charge in [-0.15, -0.1) is 0 Å².